The number of para-hydroxylation sites is 1. The van der Waals surface area contributed by atoms with Gasteiger partial charge in [-0.15, -0.1) is 11.8 Å². The standard InChI is InChI=1S/C32H32N2OS/c1-3-9-23(10-4-1)30-33-34-31(36-30)24-15-13-22(14-16-24)25-17-18-29-27(21-25)32(19-7-2-8-20-32)26-11-5-6-12-28(26)35-29/h1,3-6,9,11-18,21,23,30-31,33-34H,2,7-8,10,19-20H2. The Morgan fingerprint density at radius 1 is 0.778 bits per heavy atom. The summed E-state index contributed by atoms with van der Waals surface area (Å²) in [4.78, 5) is 0. The molecule has 7 rings (SSSR count). The first kappa shape index (κ1) is 22.4. The van der Waals surface area contributed by atoms with Crippen molar-refractivity contribution in [3.63, 3.8) is 0 Å². The van der Waals surface area contributed by atoms with E-state index in [0.29, 0.717) is 11.3 Å². The Labute approximate surface area is 218 Å². The van der Waals surface area contributed by atoms with Crippen LogP contribution in [-0.4, -0.2) is 5.37 Å². The van der Waals surface area contributed by atoms with Crippen molar-refractivity contribution in [1.82, 2.24) is 10.9 Å². The summed E-state index contributed by atoms with van der Waals surface area (Å²) in [5.41, 5.74) is 13.7. The number of allylic oxidation sites excluding steroid dienone is 3. The van der Waals surface area contributed by atoms with Crippen molar-refractivity contribution in [2.45, 2.75) is 54.7 Å². The van der Waals surface area contributed by atoms with Crippen LogP contribution < -0.4 is 15.6 Å². The van der Waals surface area contributed by atoms with Crippen molar-refractivity contribution in [2.24, 2.45) is 5.92 Å². The lowest BCUT2D eigenvalue weighted by Gasteiger charge is -2.43. The zero-order valence-electron chi connectivity index (χ0n) is 20.5. The van der Waals surface area contributed by atoms with E-state index in [1.807, 2.05) is 11.8 Å². The maximum absolute atomic E-state index is 6.42. The third kappa shape index (κ3) is 3.83. The highest BCUT2D eigenvalue weighted by Crippen LogP contribution is 2.55. The molecular formula is C32H32N2OS. The zero-order valence-corrected chi connectivity index (χ0v) is 21.3. The van der Waals surface area contributed by atoms with E-state index in [-0.39, 0.29) is 10.8 Å². The van der Waals surface area contributed by atoms with Crippen molar-refractivity contribution in [2.75, 3.05) is 0 Å². The molecule has 182 valence electrons. The van der Waals surface area contributed by atoms with Crippen LogP contribution in [0.3, 0.4) is 0 Å². The third-order valence-corrected chi connectivity index (χ3v) is 9.84. The van der Waals surface area contributed by atoms with Gasteiger partial charge in [0.15, 0.2) is 0 Å². The highest BCUT2D eigenvalue weighted by molar-refractivity contribution is 8.00. The molecule has 0 amide bonds. The summed E-state index contributed by atoms with van der Waals surface area (Å²) in [6, 6.07) is 24.6. The molecule has 1 spiro atoms. The van der Waals surface area contributed by atoms with Gasteiger partial charge in [0.05, 0.1) is 10.7 Å². The van der Waals surface area contributed by atoms with Crippen LogP contribution in [0.25, 0.3) is 11.1 Å². The number of hydrogen-bond acceptors (Lipinski definition) is 4. The van der Waals surface area contributed by atoms with E-state index in [1.54, 1.807) is 0 Å². The molecule has 2 N–H and O–H groups in total. The summed E-state index contributed by atoms with van der Waals surface area (Å²) in [6.07, 6.45) is 16.3. The number of hydrazine groups is 1. The van der Waals surface area contributed by atoms with Gasteiger partial charge in [-0.2, -0.15) is 0 Å². The highest BCUT2D eigenvalue weighted by Gasteiger charge is 2.42. The highest BCUT2D eigenvalue weighted by atomic mass is 32.2. The molecule has 3 atom stereocenters. The Bertz CT molecular complexity index is 1320. The molecule has 2 aliphatic carbocycles. The number of fused-ring (bicyclic) bond motifs is 4. The number of rotatable bonds is 3. The predicted octanol–water partition coefficient (Wildman–Crippen LogP) is 8.01. The van der Waals surface area contributed by atoms with E-state index in [0.717, 1.165) is 17.9 Å². The van der Waals surface area contributed by atoms with Crippen LogP contribution >= 0.6 is 11.8 Å². The van der Waals surface area contributed by atoms with Crippen molar-refractivity contribution in [1.29, 1.82) is 0 Å². The molecule has 3 aromatic rings. The third-order valence-electron chi connectivity index (χ3n) is 8.41. The second kappa shape index (κ2) is 9.26. The minimum absolute atomic E-state index is 0.0756. The summed E-state index contributed by atoms with van der Waals surface area (Å²) in [6.45, 7) is 0. The maximum atomic E-state index is 6.42. The van der Waals surface area contributed by atoms with Gasteiger partial charge in [-0.1, -0.05) is 92.1 Å². The van der Waals surface area contributed by atoms with Crippen LogP contribution in [0.2, 0.25) is 0 Å². The molecule has 1 saturated carbocycles. The minimum Gasteiger partial charge on any atom is -0.457 e. The van der Waals surface area contributed by atoms with Crippen LogP contribution in [0, 0.1) is 5.92 Å². The smallest absolute Gasteiger partial charge is 0.131 e. The van der Waals surface area contributed by atoms with Crippen LogP contribution in [-0.2, 0) is 5.41 Å². The van der Waals surface area contributed by atoms with Gasteiger partial charge < -0.3 is 4.74 Å². The first-order chi connectivity index (χ1) is 17.8. The number of thioether (sulfide) groups is 1. The average Bonchev–Trinajstić information content (AvgIpc) is 3.45. The van der Waals surface area contributed by atoms with Crippen molar-refractivity contribution < 1.29 is 4.74 Å². The van der Waals surface area contributed by atoms with E-state index < -0.39 is 0 Å². The van der Waals surface area contributed by atoms with Crippen molar-refractivity contribution >= 4 is 11.8 Å². The normalized spacial score (nSPS) is 25.8. The molecule has 3 unspecified atom stereocenters. The largest absolute Gasteiger partial charge is 0.457 e. The molecule has 4 heteroatoms. The lowest BCUT2D eigenvalue weighted by molar-refractivity contribution is 0.306. The molecule has 3 aromatic carbocycles. The quantitative estimate of drug-likeness (QED) is 0.388. The molecular weight excluding hydrogens is 460 g/mol. The lowest BCUT2D eigenvalue weighted by Crippen LogP contribution is -2.34. The monoisotopic (exact) mass is 492 g/mol. The van der Waals surface area contributed by atoms with Crippen molar-refractivity contribution in [3.05, 3.63) is 108 Å². The van der Waals surface area contributed by atoms with Crippen LogP contribution in [0.1, 0.15) is 60.6 Å². The summed E-state index contributed by atoms with van der Waals surface area (Å²) < 4.78 is 6.42. The SMILES string of the molecule is C1=CCC(C2NNC(c3ccc(-c4ccc5c(c4)C4(CCCCC4)c4ccccc4O5)cc3)S2)C=C1. The number of nitrogens with one attached hydrogen (secondary N) is 2. The Balaban J connectivity index is 1.16. The molecule has 1 saturated heterocycles. The van der Waals surface area contributed by atoms with E-state index in [1.165, 1.54) is 59.9 Å². The Morgan fingerprint density at radius 3 is 2.42 bits per heavy atom. The maximum Gasteiger partial charge on any atom is 0.131 e. The minimum atomic E-state index is 0.0756. The van der Waals surface area contributed by atoms with Crippen LogP contribution in [0.5, 0.6) is 11.5 Å². The van der Waals surface area contributed by atoms with Crippen LogP contribution in [0.4, 0.5) is 0 Å². The summed E-state index contributed by atoms with van der Waals surface area (Å²) in [5.74, 6) is 2.61. The molecule has 36 heavy (non-hydrogen) atoms. The molecule has 0 bridgehead atoms. The van der Waals surface area contributed by atoms with Gasteiger partial charge in [0.25, 0.3) is 0 Å². The Morgan fingerprint density at radius 2 is 1.58 bits per heavy atom. The average molecular weight is 493 g/mol. The van der Waals surface area contributed by atoms with Crippen molar-refractivity contribution in [3.8, 4) is 22.6 Å². The molecule has 2 heterocycles. The predicted molar refractivity (Wildman–Crippen MR) is 149 cm³/mol. The van der Waals surface area contributed by atoms with Crippen LogP contribution in [0.15, 0.2) is 91.0 Å². The van der Waals surface area contributed by atoms with E-state index in [2.05, 4.69) is 102 Å². The fourth-order valence-corrected chi connectivity index (χ4v) is 7.78. The van der Waals surface area contributed by atoms with E-state index >= 15 is 0 Å². The molecule has 0 radical (unpaired) electrons. The number of ether oxygens (including phenoxy) is 1. The van der Waals surface area contributed by atoms with Gasteiger partial charge >= 0.3 is 0 Å². The van der Waals surface area contributed by atoms with Gasteiger partial charge in [-0.05, 0) is 54.2 Å². The first-order valence-corrected chi connectivity index (χ1v) is 14.3. The topological polar surface area (TPSA) is 33.3 Å². The molecule has 0 aromatic heterocycles. The first-order valence-electron chi connectivity index (χ1n) is 13.3. The van der Waals surface area contributed by atoms with E-state index in [9.17, 15) is 0 Å². The molecule has 3 nitrogen and oxygen atoms in total. The summed E-state index contributed by atoms with van der Waals surface area (Å²) >= 11 is 1.97. The molecule has 2 aliphatic heterocycles. The number of benzene rings is 3. The van der Waals surface area contributed by atoms with Gasteiger partial charge in [0.1, 0.15) is 11.5 Å². The lowest BCUT2D eigenvalue weighted by atomic mass is 9.63. The second-order valence-corrected chi connectivity index (χ2v) is 11.8. The summed E-state index contributed by atoms with van der Waals surface area (Å²) in [7, 11) is 0. The zero-order chi connectivity index (χ0) is 24.0. The van der Waals surface area contributed by atoms with E-state index in [4.69, 9.17) is 4.74 Å². The Kier molecular flexibility index (Phi) is 5.76. The molecule has 4 aliphatic rings. The van der Waals surface area contributed by atoms with Gasteiger partial charge in [0, 0.05) is 22.5 Å². The summed E-state index contributed by atoms with van der Waals surface area (Å²) in [5, 5.41) is 0.661. The fraction of sp³-hybridized carbons (Fsp3) is 0.312. The van der Waals surface area contributed by atoms with Gasteiger partial charge in [-0.25, -0.2) is 10.9 Å². The molecule has 2 fully saturated rings. The van der Waals surface area contributed by atoms with Gasteiger partial charge in [-0.3, -0.25) is 0 Å². The number of hydrogen-bond donors (Lipinski definition) is 2. The second-order valence-electron chi connectivity index (χ2n) is 10.5. The van der Waals surface area contributed by atoms with Gasteiger partial charge in [0.2, 0.25) is 0 Å². The fourth-order valence-electron chi connectivity index (χ4n) is 6.50. The Hall–Kier alpha value is -2.79.